The maximum Gasteiger partial charge on any atom is 0.519 e. The number of hydrogen-bond donors (Lipinski definition) is 0. The van der Waals surface area contributed by atoms with Crippen LogP contribution in [0.1, 0.15) is 19.4 Å². The second-order valence-corrected chi connectivity index (χ2v) is 3.49. The molecule has 0 aliphatic rings. The summed E-state index contributed by atoms with van der Waals surface area (Å²) in [4.78, 5) is 8.52. The first-order valence-electron chi connectivity index (χ1n) is 5.56. The van der Waals surface area contributed by atoms with Crippen molar-refractivity contribution in [1.82, 2.24) is 0 Å². The lowest BCUT2D eigenvalue weighted by Gasteiger charge is -2.20. The predicted octanol–water partition coefficient (Wildman–Crippen LogP) is 3.67. The smallest absolute Gasteiger partial charge is 0.372 e. The number of hydrogen-bond acceptors (Lipinski definition) is 1. The normalized spacial score (nSPS) is 8.94. The van der Waals surface area contributed by atoms with E-state index in [-0.39, 0.29) is 5.82 Å². The van der Waals surface area contributed by atoms with Gasteiger partial charge in [-0.05, 0) is 31.5 Å². The van der Waals surface area contributed by atoms with Gasteiger partial charge < -0.3 is 4.90 Å². The van der Waals surface area contributed by atoms with E-state index in [0.717, 1.165) is 18.7 Å². The Kier molecular flexibility index (Phi) is 4.78. The Labute approximate surface area is 103 Å². The lowest BCUT2D eigenvalue weighted by molar-refractivity contribution is 0.866. The summed E-state index contributed by atoms with van der Waals surface area (Å²) in [6.45, 7) is 19.8. The van der Waals surface area contributed by atoms with Gasteiger partial charge in [0.25, 0.3) is 0 Å². The Morgan fingerprint density at radius 1 is 1.12 bits per heavy atom. The van der Waals surface area contributed by atoms with Crippen LogP contribution >= 0.6 is 0 Å². The van der Waals surface area contributed by atoms with Crippen LogP contribution in [0.5, 0.6) is 0 Å². The monoisotopic (exact) mass is 225 g/mol. The van der Waals surface area contributed by atoms with Crippen molar-refractivity contribution in [3.8, 4) is 0 Å². The Hall–Kier alpha value is -2.26. The molecule has 86 valence electrons. The lowest BCUT2D eigenvalue weighted by Crippen LogP contribution is -2.21. The molecule has 3 heteroatoms. The zero-order valence-electron chi connectivity index (χ0n) is 10.1. The molecule has 0 saturated carbocycles. The van der Waals surface area contributed by atoms with E-state index in [0.29, 0.717) is 0 Å². The van der Waals surface area contributed by atoms with Crippen molar-refractivity contribution in [2.75, 3.05) is 18.0 Å². The van der Waals surface area contributed by atoms with Crippen LogP contribution < -0.4 is 4.90 Å². The molecule has 0 aliphatic heterocycles. The SMILES string of the molecule is [C-]#[N+]C(=Cc1ccc(N(CC)CC)cc1)[N+]#[C-]. The number of benzene rings is 1. The molecule has 3 nitrogen and oxygen atoms in total. The fourth-order valence-corrected chi connectivity index (χ4v) is 1.61. The molecule has 0 amide bonds. The van der Waals surface area contributed by atoms with Crippen molar-refractivity contribution in [3.05, 3.63) is 58.5 Å². The second kappa shape index (κ2) is 6.35. The summed E-state index contributed by atoms with van der Waals surface area (Å²) < 4.78 is 0. The van der Waals surface area contributed by atoms with E-state index in [9.17, 15) is 0 Å². The fraction of sp³-hybridized carbons (Fsp3) is 0.286. The number of rotatable bonds is 4. The molecular weight excluding hydrogens is 210 g/mol. The van der Waals surface area contributed by atoms with Gasteiger partial charge >= 0.3 is 5.82 Å². The molecule has 17 heavy (non-hydrogen) atoms. The van der Waals surface area contributed by atoms with Gasteiger partial charge in [-0.3, -0.25) is 0 Å². The second-order valence-electron chi connectivity index (χ2n) is 3.49. The van der Waals surface area contributed by atoms with E-state index in [4.69, 9.17) is 13.1 Å². The fourth-order valence-electron chi connectivity index (χ4n) is 1.61. The minimum Gasteiger partial charge on any atom is -0.372 e. The minimum absolute atomic E-state index is 0.0978. The molecule has 0 unspecified atom stereocenters. The summed E-state index contributed by atoms with van der Waals surface area (Å²) in [7, 11) is 0. The Morgan fingerprint density at radius 2 is 1.65 bits per heavy atom. The third kappa shape index (κ3) is 3.36. The zero-order valence-corrected chi connectivity index (χ0v) is 10.1. The van der Waals surface area contributed by atoms with E-state index in [1.54, 1.807) is 6.08 Å². The highest BCUT2D eigenvalue weighted by molar-refractivity contribution is 5.60. The van der Waals surface area contributed by atoms with Crippen molar-refractivity contribution in [2.45, 2.75) is 13.8 Å². The molecule has 0 aliphatic carbocycles. The first-order valence-corrected chi connectivity index (χ1v) is 5.56. The minimum atomic E-state index is 0.0978. The van der Waals surface area contributed by atoms with Crippen LogP contribution in [-0.4, -0.2) is 13.1 Å². The molecule has 0 aromatic heterocycles. The van der Waals surface area contributed by atoms with Crippen LogP contribution in [0.3, 0.4) is 0 Å². The average molecular weight is 225 g/mol. The van der Waals surface area contributed by atoms with Crippen molar-refractivity contribution in [1.29, 1.82) is 0 Å². The van der Waals surface area contributed by atoms with Crippen molar-refractivity contribution < 1.29 is 0 Å². The topological polar surface area (TPSA) is 12.0 Å². The van der Waals surface area contributed by atoms with E-state index in [1.807, 2.05) is 24.3 Å². The van der Waals surface area contributed by atoms with Crippen LogP contribution in [0.4, 0.5) is 5.69 Å². The van der Waals surface area contributed by atoms with Gasteiger partial charge in [-0.1, -0.05) is 12.1 Å². The molecular formula is C14H15N3. The molecule has 0 atom stereocenters. The average Bonchev–Trinajstić information content (AvgIpc) is 2.39. The first-order chi connectivity index (χ1) is 8.24. The van der Waals surface area contributed by atoms with Gasteiger partial charge in [0, 0.05) is 24.9 Å². The lowest BCUT2D eigenvalue weighted by atomic mass is 10.2. The maximum absolute atomic E-state index is 6.81. The maximum atomic E-state index is 6.81. The summed E-state index contributed by atoms with van der Waals surface area (Å²) >= 11 is 0. The van der Waals surface area contributed by atoms with Gasteiger partial charge in [0.15, 0.2) is 0 Å². The molecule has 0 spiro atoms. The van der Waals surface area contributed by atoms with E-state index in [1.165, 1.54) is 5.69 Å². The Balaban J connectivity index is 2.94. The van der Waals surface area contributed by atoms with Crippen molar-refractivity contribution >= 4 is 11.8 Å². The van der Waals surface area contributed by atoms with Gasteiger partial charge in [-0.15, -0.1) is 0 Å². The molecule has 1 aromatic carbocycles. The molecule has 1 aromatic rings. The molecule has 1 rings (SSSR count). The third-order valence-corrected chi connectivity index (χ3v) is 2.55. The summed E-state index contributed by atoms with van der Waals surface area (Å²) in [5.41, 5.74) is 2.06. The largest absolute Gasteiger partial charge is 0.519 e. The molecule has 0 fully saturated rings. The summed E-state index contributed by atoms with van der Waals surface area (Å²) in [5, 5.41) is 0. The van der Waals surface area contributed by atoms with Gasteiger partial charge in [-0.25, -0.2) is 0 Å². The van der Waals surface area contributed by atoms with Crippen LogP contribution in [-0.2, 0) is 0 Å². The predicted molar refractivity (Wildman–Crippen MR) is 71.2 cm³/mol. The number of anilines is 1. The van der Waals surface area contributed by atoms with E-state index in [2.05, 4.69) is 28.4 Å². The summed E-state index contributed by atoms with van der Waals surface area (Å²) in [6.07, 6.45) is 1.60. The van der Waals surface area contributed by atoms with Crippen LogP contribution in [0.2, 0.25) is 0 Å². The molecule has 0 heterocycles. The van der Waals surface area contributed by atoms with E-state index >= 15 is 0 Å². The van der Waals surface area contributed by atoms with Crippen LogP contribution in [0.25, 0.3) is 15.8 Å². The molecule has 0 N–H and O–H groups in total. The highest BCUT2D eigenvalue weighted by Crippen LogP contribution is 2.17. The van der Waals surface area contributed by atoms with Gasteiger partial charge in [-0.2, -0.15) is 9.69 Å². The van der Waals surface area contributed by atoms with Crippen molar-refractivity contribution in [2.24, 2.45) is 0 Å². The first kappa shape index (κ1) is 12.8. The highest BCUT2D eigenvalue weighted by Gasteiger charge is 2.04. The highest BCUT2D eigenvalue weighted by atomic mass is 15.1. The summed E-state index contributed by atoms with van der Waals surface area (Å²) in [5.74, 6) is 0.0978. The van der Waals surface area contributed by atoms with Crippen LogP contribution in [0.15, 0.2) is 30.1 Å². The van der Waals surface area contributed by atoms with Gasteiger partial charge in [0.1, 0.15) is 13.1 Å². The number of nitrogens with zero attached hydrogens (tertiary/aromatic N) is 3. The van der Waals surface area contributed by atoms with Crippen LogP contribution in [0, 0.1) is 13.1 Å². The Bertz CT molecular complexity index is 452. The van der Waals surface area contributed by atoms with Crippen molar-refractivity contribution in [3.63, 3.8) is 0 Å². The standard InChI is InChI=1S/C14H15N3/c1-5-17(6-2)13-9-7-12(8-10-13)11-14(15-3)16-4/h7-11H,5-6H2,1-2H3. The van der Waals surface area contributed by atoms with Gasteiger partial charge in [0.05, 0.1) is 0 Å². The van der Waals surface area contributed by atoms with Gasteiger partial charge in [0.2, 0.25) is 0 Å². The summed E-state index contributed by atoms with van der Waals surface area (Å²) in [6, 6.07) is 7.91. The van der Waals surface area contributed by atoms with E-state index < -0.39 is 0 Å². The molecule has 0 bridgehead atoms. The quantitative estimate of drug-likeness (QED) is 0.712. The molecule has 0 radical (unpaired) electrons. The third-order valence-electron chi connectivity index (χ3n) is 2.55. The Morgan fingerprint density at radius 3 is 2.06 bits per heavy atom. The zero-order chi connectivity index (χ0) is 12.7. The molecule has 0 saturated heterocycles.